The fourth-order valence-electron chi connectivity index (χ4n) is 3.89. The second-order valence-corrected chi connectivity index (χ2v) is 9.21. The second-order valence-electron chi connectivity index (χ2n) is 8.13. The number of rotatable bonds is 4. The van der Waals surface area contributed by atoms with Crippen molar-refractivity contribution in [3.63, 3.8) is 0 Å². The molecule has 0 aromatic heterocycles. The fraction of sp³-hybridized carbons (Fsp3) is 0.0714. The van der Waals surface area contributed by atoms with Crippen LogP contribution in [-0.2, 0) is 0 Å². The van der Waals surface area contributed by atoms with E-state index in [2.05, 4.69) is 10.6 Å². The molecule has 5 rings (SSSR count). The lowest BCUT2D eigenvalue weighted by atomic mass is 10.0. The van der Waals surface area contributed by atoms with Crippen LogP contribution in [0, 0.1) is 0 Å². The Hall–Kier alpha value is -4.03. The lowest BCUT2D eigenvalue weighted by Gasteiger charge is -2.16. The van der Waals surface area contributed by atoms with Gasteiger partial charge in [-0.15, -0.1) is 0 Å². The molecule has 6 heteroatoms. The molecule has 1 heterocycles. The van der Waals surface area contributed by atoms with Gasteiger partial charge in [0, 0.05) is 15.4 Å². The Morgan fingerprint density at radius 2 is 1.56 bits per heavy atom. The van der Waals surface area contributed by atoms with Crippen molar-refractivity contribution in [2.45, 2.75) is 22.8 Å². The smallest absolute Gasteiger partial charge is 0.256 e. The number of benzene rings is 4. The van der Waals surface area contributed by atoms with Crippen LogP contribution in [-0.4, -0.2) is 16.9 Å². The van der Waals surface area contributed by atoms with Gasteiger partial charge in [0.05, 0.1) is 17.3 Å². The lowest BCUT2D eigenvalue weighted by molar-refractivity contribution is 0.0938. The van der Waals surface area contributed by atoms with Crippen LogP contribution in [0.3, 0.4) is 0 Å². The molecular formula is C28H22N2O3S. The Kier molecular flexibility index (Phi) is 5.82. The zero-order chi connectivity index (χ0) is 23.7. The maximum atomic E-state index is 13.0. The maximum absolute atomic E-state index is 13.0. The van der Waals surface area contributed by atoms with Gasteiger partial charge in [0.1, 0.15) is 5.75 Å². The molecule has 1 aliphatic heterocycles. The molecule has 34 heavy (non-hydrogen) atoms. The van der Waals surface area contributed by atoms with Crippen LogP contribution in [0.4, 0.5) is 5.69 Å². The zero-order valence-corrected chi connectivity index (χ0v) is 19.2. The van der Waals surface area contributed by atoms with E-state index in [0.717, 1.165) is 26.5 Å². The first kappa shape index (κ1) is 21.8. The first-order valence-corrected chi connectivity index (χ1v) is 11.7. The number of phenols is 1. The summed E-state index contributed by atoms with van der Waals surface area (Å²) in [6, 6.07) is 27.6. The minimum Gasteiger partial charge on any atom is -0.508 e. The monoisotopic (exact) mass is 466 g/mol. The summed E-state index contributed by atoms with van der Waals surface area (Å²) >= 11 is 1.51. The average molecular weight is 467 g/mol. The number of anilines is 1. The highest BCUT2D eigenvalue weighted by Crippen LogP contribution is 2.39. The number of hydrogen-bond donors (Lipinski definition) is 3. The van der Waals surface area contributed by atoms with Gasteiger partial charge in [-0.3, -0.25) is 9.59 Å². The summed E-state index contributed by atoms with van der Waals surface area (Å²) in [4.78, 5) is 27.4. The Bertz CT molecular complexity index is 1380. The Labute approximate surface area is 201 Å². The van der Waals surface area contributed by atoms with Crippen molar-refractivity contribution in [3.8, 4) is 16.9 Å². The van der Waals surface area contributed by atoms with Gasteiger partial charge in [0.15, 0.2) is 0 Å². The van der Waals surface area contributed by atoms with Crippen molar-refractivity contribution >= 4 is 29.3 Å². The van der Waals surface area contributed by atoms with Crippen LogP contribution in [0.15, 0.2) is 101 Å². The van der Waals surface area contributed by atoms with E-state index in [0.29, 0.717) is 16.8 Å². The van der Waals surface area contributed by atoms with E-state index >= 15 is 0 Å². The predicted octanol–water partition coefficient (Wildman–Crippen LogP) is 6.27. The second kappa shape index (κ2) is 9.08. The highest BCUT2D eigenvalue weighted by Gasteiger charge is 2.21. The van der Waals surface area contributed by atoms with Gasteiger partial charge in [0.2, 0.25) is 0 Å². The van der Waals surface area contributed by atoms with E-state index in [-0.39, 0.29) is 23.6 Å². The van der Waals surface area contributed by atoms with Crippen molar-refractivity contribution in [2.24, 2.45) is 0 Å². The standard InChI is InChI=1S/C28H22N2O3S/c1-17(18-6-8-19(9-7-18)20-10-13-22(31)14-11-20)29-27(32)21-12-15-26-24(16-21)30-28(33)23-4-2-3-5-25(23)34-26/h2-17,31H,1H3,(H,29,32)(H,30,33)/t17-/m1/s1. The molecule has 1 aliphatic rings. The van der Waals surface area contributed by atoms with Crippen LogP contribution in [0.25, 0.3) is 11.1 Å². The lowest BCUT2D eigenvalue weighted by Crippen LogP contribution is -2.26. The molecule has 0 spiro atoms. The quantitative estimate of drug-likeness (QED) is 0.331. The normalized spacial score (nSPS) is 13.1. The third-order valence-electron chi connectivity index (χ3n) is 5.80. The number of carbonyl (C=O) groups is 2. The zero-order valence-electron chi connectivity index (χ0n) is 18.4. The Morgan fingerprint density at radius 3 is 2.29 bits per heavy atom. The summed E-state index contributed by atoms with van der Waals surface area (Å²) in [5.41, 5.74) is 4.75. The first-order valence-electron chi connectivity index (χ1n) is 10.9. The molecule has 0 radical (unpaired) electrons. The molecule has 2 amide bonds. The molecule has 5 nitrogen and oxygen atoms in total. The van der Waals surface area contributed by atoms with E-state index in [4.69, 9.17) is 0 Å². The summed E-state index contributed by atoms with van der Waals surface area (Å²) in [6.45, 7) is 1.94. The molecule has 0 aliphatic carbocycles. The molecule has 0 fully saturated rings. The number of aromatic hydroxyl groups is 1. The number of phenolic OH excluding ortho intramolecular Hbond substituents is 1. The number of nitrogens with one attached hydrogen (secondary N) is 2. The predicted molar refractivity (Wildman–Crippen MR) is 134 cm³/mol. The van der Waals surface area contributed by atoms with Gasteiger partial charge in [-0.1, -0.05) is 60.3 Å². The fourth-order valence-corrected chi connectivity index (χ4v) is 4.90. The van der Waals surface area contributed by atoms with E-state index in [1.54, 1.807) is 30.3 Å². The third kappa shape index (κ3) is 4.40. The van der Waals surface area contributed by atoms with Crippen LogP contribution in [0.5, 0.6) is 5.75 Å². The molecule has 0 saturated carbocycles. The van der Waals surface area contributed by atoms with E-state index in [9.17, 15) is 14.7 Å². The highest BCUT2D eigenvalue weighted by molar-refractivity contribution is 7.99. The van der Waals surface area contributed by atoms with Gasteiger partial charge < -0.3 is 15.7 Å². The highest BCUT2D eigenvalue weighted by atomic mass is 32.2. The Balaban J connectivity index is 1.30. The van der Waals surface area contributed by atoms with Crippen molar-refractivity contribution in [2.75, 3.05) is 5.32 Å². The molecule has 3 N–H and O–H groups in total. The van der Waals surface area contributed by atoms with Crippen molar-refractivity contribution in [1.29, 1.82) is 0 Å². The summed E-state index contributed by atoms with van der Waals surface area (Å²) in [6.07, 6.45) is 0. The summed E-state index contributed by atoms with van der Waals surface area (Å²) in [5.74, 6) is -0.155. The number of fused-ring (bicyclic) bond motifs is 2. The van der Waals surface area contributed by atoms with Crippen LogP contribution < -0.4 is 10.6 Å². The minimum absolute atomic E-state index is 0.179. The largest absolute Gasteiger partial charge is 0.508 e. The van der Waals surface area contributed by atoms with Crippen LogP contribution >= 0.6 is 11.8 Å². The van der Waals surface area contributed by atoms with Gasteiger partial charge in [-0.2, -0.15) is 0 Å². The van der Waals surface area contributed by atoms with Gasteiger partial charge in [-0.25, -0.2) is 0 Å². The van der Waals surface area contributed by atoms with Gasteiger partial charge in [-0.05, 0) is 66.1 Å². The molecule has 0 bridgehead atoms. The number of hydrogen-bond acceptors (Lipinski definition) is 4. The Morgan fingerprint density at radius 1 is 0.882 bits per heavy atom. The molecule has 1 atom stereocenters. The number of amides is 2. The van der Waals surface area contributed by atoms with E-state index in [1.807, 2.05) is 67.6 Å². The van der Waals surface area contributed by atoms with Crippen LogP contribution in [0.1, 0.15) is 39.2 Å². The number of carbonyl (C=O) groups excluding carboxylic acids is 2. The molecule has 4 aromatic rings. The van der Waals surface area contributed by atoms with Crippen molar-refractivity contribution in [3.05, 3.63) is 108 Å². The van der Waals surface area contributed by atoms with Crippen molar-refractivity contribution in [1.82, 2.24) is 5.32 Å². The summed E-state index contributed by atoms with van der Waals surface area (Å²) < 4.78 is 0. The minimum atomic E-state index is -0.209. The molecule has 4 aromatic carbocycles. The van der Waals surface area contributed by atoms with Crippen molar-refractivity contribution < 1.29 is 14.7 Å². The molecule has 0 unspecified atom stereocenters. The SMILES string of the molecule is C[C@@H](NC(=O)c1ccc2c(c1)NC(=O)c1ccccc1S2)c1ccc(-c2ccc(O)cc2)cc1. The molecular weight excluding hydrogens is 444 g/mol. The molecule has 168 valence electrons. The van der Waals surface area contributed by atoms with Gasteiger partial charge in [0.25, 0.3) is 11.8 Å². The summed E-state index contributed by atoms with van der Waals surface area (Å²) in [7, 11) is 0. The van der Waals surface area contributed by atoms with E-state index < -0.39 is 0 Å². The van der Waals surface area contributed by atoms with Crippen LogP contribution in [0.2, 0.25) is 0 Å². The molecule has 0 saturated heterocycles. The maximum Gasteiger partial charge on any atom is 0.256 e. The summed E-state index contributed by atoms with van der Waals surface area (Å²) in [5, 5.41) is 15.4. The van der Waals surface area contributed by atoms with Gasteiger partial charge >= 0.3 is 0 Å². The topological polar surface area (TPSA) is 78.4 Å². The average Bonchev–Trinajstić information content (AvgIpc) is 2.99. The third-order valence-corrected chi connectivity index (χ3v) is 6.95. The first-order chi connectivity index (χ1) is 16.5. The van der Waals surface area contributed by atoms with E-state index in [1.165, 1.54) is 11.8 Å².